The molecule has 0 amide bonds. The molecule has 0 saturated carbocycles. The first kappa shape index (κ1) is 43.2. The van der Waals surface area contributed by atoms with Crippen molar-refractivity contribution < 1.29 is 15.0 Å². The van der Waals surface area contributed by atoms with Crippen molar-refractivity contribution in [2.45, 2.75) is 157 Å². The Bertz CT molecular complexity index is 288. The van der Waals surface area contributed by atoms with E-state index in [9.17, 15) is 0 Å². The molecule has 0 unspecified atom stereocenters. The van der Waals surface area contributed by atoms with E-state index >= 15 is 0 Å². The van der Waals surface area contributed by atoms with E-state index in [-0.39, 0.29) is 0 Å². The number of carboxylic acid groups (broad SMARTS) is 2. The molecule has 0 rings (SSSR count). The summed E-state index contributed by atoms with van der Waals surface area (Å²) in [6.07, 6.45) is 23.4. The second-order valence-corrected chi connectivity index (χ2v) is 9.65. The lowest BCUT2D eigenvalue weighted by Crippen LogP contribution is -2.13. The number of carbonyl (C=O) groups is 1. The number of unbranched alkanes of at least 4 members (excludes halogenated alkanes) is 15. The van der Waals surface area contributed by atoms with E-state index in [1.54, 1.807) is 0 Å². The van der Waals surface area contributed by atoms with Crippen molar-refractivity contribution in [2.24, 2.45) is 0 Å². The third-order valence-electron chi connectivity index (χ3n) is 5.87. The Kier molecular flexibility index (Phi) is 56.3. The Morgan fingerprint density at radius 1 is 0.405 bits per heavy atom. The van der Waals surface area contributed by atoms with E-state index in [0.717, 1.165) is 19.6 Å². The molecule has 0 heterocycles. The third kappa shape index (κ3) is 72.1. The van der Waals surface area contributed by atoms with E-state index in [1.807, 2.05) is 0 Å². The highest BCUT2D eigenvalue weighted by molar-refractivity contribution is 5.53. The summed E-state index contributed by atoms with van der Waals surface area (Å²) in [5, 5.41) is 24.0. The molecule has 0 aromatic carbocycles. The first-order chi connectivity index (χ1) is 18.0. The topological polar surface area (TPSA) is 93.6 Å². The van der Waals surface area contributed by atoms with Gasteiger partial charge in [0.15, 0.2) is 0 Å². The lowest BCUT2D eigenvalue weighted by Gasteiger charge is -2.00. The van der Waals surface area contributed by atoms with Gasteiger partial charge in [-0.2, -0.15) is 0 Å². The summed E-state index contributed by atoms with van der Waals surface area (Å²) in [7, 11) is 0. The highest BCUT2D eigenvalue weighted by atomic mass is 16.6. The monoisotopic (exact) mass is 534 g/mol. The smallest absolute Gasteiger partial charge is 0.450 e. The van der Waals surface area contributed by atoms with Gasteiger partial charge in [0, 0.05) is 0 Å². The summed E-state index contributed by atoms with van der Waals surface area (Å²) in [4.78, 5) is 8.56. The zero-order valence-corrected chi connectivity index (χ0v) is 26.3. The molecular weight excluding hydrogens is 462 g/mol. The minimum absolute atomic E-state index is 1.12. The van der Waals surface area contributed by atoms with Crippen LogP contribution >= 0.6 is 0 Å². The molecular formula is C31H71N3O3. The minimum Gasteiger partial charge on any atom is -0.450 e. The lowest BCUT2D eigenvalue weighted by molar-refractivity contribution is 0.137. The number of nitrogens with one attached hydrogen (secondary N) is 3. The largest absolute Gasteiger partial charge is 0.503 e. The Balaban J connectivity index is -0.000000205. The number of hydrogen-bond donors (Lipinski definition) is 5. The molecule has 5 N–H and O–H groups in total. The Hall–Kier alpha value is -0.850. The molecule has 6 nitrogen and oxygen atoms in total. The maximum Gasteiger partial charge on any atom is 0.503 e. The summed E-state index contributed by atoms with van der Waals surface area (Å²) in [5.41, 5.74) is 0. The SMILES string of the molecule is CCCCCCCCNCC.CCCCCCCCNCC.CCCCCCCCNCC.O=C(O)O. The van der Waals surface area contributed by atoms with Crippen LogP contribution in [0.1, 0.15) is 157 Å². The fourth-order valence-corrected chi connectivity index (χ4v) is 3.62. The summed E-state index contributed by atoms with van der Waals surface area (Å²) in [5.74, 6) is 0. The fraction of sp³-hybridized carbons (Fsp3) is 0.968. The summed E-state index contributed by atoms with van der Waals surface area (Å²) >= 11 is 0. The van der Waals surface area contributed by atoms with E-state index in [2.05, 4.69) is 57.5 Å². The zero-order valence-electron chi connectivity index (χ0n) is 26.3. The molecule has 0 bridgehead atoms. The highest BCUT2D eigenvalue weighted by Crippen LogP contribution is 2.05. The Labute approximate surface area is 233 Å². The molecule has 0 radical (unpaired) electrons. The van der Waals surface area contributed by atoms with Gasteiger partial charge in [-0.05, 0) is 58.5 Å². The van der Waals surface area contributed by atoms with Gasteiger partial charge in [-0.15, -0.1) is 0 Å². The molecule has 0 aliphatic heterocycles. The molecule has 228 valence electrons. The van der Waals surface area contributed by atoms with Gasteiger partial charge in [0.05, 0.1) is 0 Å². The zero-order chi connectivity index (χ0) is 28.7. The molecule has 0 saturated heterocycles. The van der Waals surface area contributed by atoms with Crippen LogP contribution < -0.4 is 16.0 Å². The van der Waals surface area contributed by atoms with Gasteiger partial charge in [-0.3, -0.25) is 0 Å². The molecule has 0 aliphatic rings. The predicted molar refractivity (Wildman–Crippen MR) is 166 cm³/mol. The minimum atomic E-state index is -1.83. The second-order valence-electron chi connectivity index (χ2n) is 9.65. The fourth-order valence-electron chi connectivity index (χ4n) is 3.62. The molecule has 0 atom stereocenters. The van der Waals surface area contributed by atoms with Gasteiger partial charge < -0.3 is 26.2 Å². The third-order valence-corrected chi connectivity index (χ3v) is 5.87. The van der Waals surface area contributed by atoms with E-state index < -0.39 is 6.16 Å². The van der Waals surface area contributed by atoms with Gasteiger partial charge in [-0.25, -0.2) is 4.79 Å². The van der Waals surface area contributed by atoms with E-state index in [1.165, 1.54) is 135 Å². The van der Waals surface area contributed by atoms with Crippen LogP contribution in [0, 0.1) is 0 Å². The van der Waals surface area contributed by atoms with Crippen LogP contribution in [-0.4, -0.2) is 55.6 Å². The van der Waals surface area contributed by atoms with Crippen molar-refractivity contribution in [3.63, 3.8) is 0 Å². The average Bonchev–Trinajstić information content (AvgIpc) is 2.88. The van der Waals surface area contributed by atoms with Crippen molar-refractivity contribution in [1.82, 2.24) is 16.0 Å². The van der Waals surface area contributed by atoms with Crippen LogP contribution in [0.5, 0.6) is 0 Å². The Morgan fingerprint density at radius 3 is 0.784 bits per heavy atom. The van der Waals surface area contributed by atoms with Crippen molar-refractivity contribution in [2.75, 3.05) is 39.3 Å². The quantitative estimate of drug-likeness (QED) is 0.0794. The van der Waals surface area contributed by atoms with Crippen molar-refractivity contribution in [3.05, 3.63) is 0 Å². The maximum atomic E-state index is 8.56. The van der Waals surface area contributed by atoms with Crippen LogP contribution in [-0.2, 0) is 0 Å². The molecule has 0 fully saturated rings. The van der Waals surface area contributed by atoms with Gasteiger partial charge in [-0.1, -0.05) is 138 Å². The van der Waals surface area contributed by atoms with Crippen molar-refractivity contribution in [1.29, 1.82) is 0 Å². The molecule has 0 aromatic rings. The molecule has 6 heteroatoms. The van der Waals surface area contributed by atoms with Crippen molar-refractivity contribution >= 4 is 6.16 Å². The highest BCUT2D eigenvalue weighted by Gasteiger charge is 1.90. The Morgan fingerprint density at radius 2 is 0.595 bits per heavy atom. The van der Waals surface area contributed by atoms with Crippen LogP contribution in [0.3, 0.4) is 0 Å². The van der Waals surface area contributed by atoms with Crippen LogP contribution in [0.2, 0.25) is 0 Å². The lowest BCUT2D eigenvalue weighted by atomic mass is 10.1. The molecule has 0 aromatic heterocycles. The molecule has 37 heavy (non-hydrogen) atoms. The predicted octanol–water partition coefficient (Wildman–Crippen LogP) is 9.09. The van der Waals surface area contributed by atoms with Gasteiger partial charge in [0.25, 0.3) is 0 Å². The van der Waals surface area contributed by atoms with Crippen LogP contribution in [0.15, 0.2) is 0 Å². The van der Waals surface area contributed by atoms with E-state index in [0.29, 0.717) is 0 Å². The van der Waals surface area contributed by atoms with Gasteiger partial charge >= 0.3 is 6.16 Å². The normalized spacial score (nSPS) is 9.89. The first-order valence-electron chi connectivity index (χ1n) is 16.0. The standard InChI is InChI=1S/3C10H23N.CH2O3/c3*1-3-5-6-7-8-9-10-11-4-2;2-1(3)4/h3*11H,3-10H2,1-2H3;(H2,2,3,4). The van der Waals surface area contributed by atoms with Crippen LogP contribution in [0.4, 0.5) is 4.79 Å². The maximum absolute atomic E-state index is 8.56. The molecule has 0 aliphatic carbocycles. The second kappa shape index (κ2) is 48.2. The molecule has 0 spiro atoms. The average molecular weight is 534 g/mol. The number of hydrogen-bond acceptors (Lipinski definition) is 4. The summed E-state index contributed by atoms with van der Waals surface area (Å²) in [6.45, 7) is 20.3. The van der Waals surface area contributed by atoms with Gasteiger partial charge in [0.2, 0.25) is 0 Å². The van der Waals surface area contributed by atoms with Gasteiger partial charge in [0.1, 0.15) is 0 Å². The summed E-state index contributed by atoms with van der Waals surface area (Å²) < 4.78 is 0. The summed E-state index contributed by atoms with van der Waals surface area (Å²) in [6, 6.07) is 0. The number of rotatable bonds is 24. The first-order valence-corrected chi connectivity index (χ1v) is 16.0. The van der Waals surface area contributed by atoms with Crippen LogP contribution in [0.25, 0.3) is 0 Å². The van der Waals surface area contributed by atoms with E-state index in [4.69, 9.17) is 15.0 Å². The van der Waals surface area contributed by atoms with Crippen molar-refractivity contribution in [3.8, 4) is 0 Å².